The van der Waals surface area contributed by atoms with Gasteiger partial charge in [-0.2, -0.15) is 0 Å². The van der Waals surface area contributed by atoms with Gasteiger partial charge < -0.3 is 9.42 Å². The van der Waals surface area contributed by atoms with E-state index in [1.54, 1.807) is 0 Å². The summed E-state index contributed by atoms with van der Waals surface area (Å²) in [4.78, 5) is 4.91. The number of rotatable bonds is 4. The molecule has 2 heterocycles. The van der Waals surface area contributed by atoms with Gasteiger partial charge >= 0.3 is 0 Å². The van der Waals surface area contributed by atoms with Gasteiger partial charge in [-0.25, -0.2) is 0 Å². The van der Waals surface area contributed by atoms with Gasteiger partial charge in [-0.3, -0.25) is 4.90 Å². The molecular weight excluding hydrogens is 310 g/mol. The molecule has 1 aliphatic rings. The Bertz CT molecular complexity index is 820. The molecule has 0 bridgehead atoms. The molecule has 0 aliphatic carbocycles. The number of benzene rings is 2. The van der Waals surface area contributed by atoms with Crippen LogP contribution >= 0.6 is 0 Å². The summed E-state index contributed by atoms with van der Waals surface area (Å²) in [5, 5.41) is 4.21. The first-order valence-corrected chi connectivity index (χ1v) is 8.83. The Morgan fingerprint density at radius 1 is 0.920 bits per heavy atom. The highest BCUT2D eigenvalue weighted by Crippen LogP contribution is 2.22. The third kappa shape index (κ3) is 3.59. The fourth-order valence-corrected chi connectivity index (χ4v) is 3.42. The zero-order valence-electron chi connectivity index (χ0n) is 14.6. The first kappa shape index (κ1) is 15.9. The van der Waals surface area contributed by atoms with Gasteiger partial charge in [0.05, 0.1) is 6.54 Å². The highest BCUT2D eigenvalue weighted by molar-refractivity contribution is 5.58. The van der Waals surface area contributed by atoms with Crippen LogP contribution in [0.5, 0.6) is 0 Å². The molecule has 0 atom stereocenters. The highest BCUT2D eigenvalue weighted by Gasteiger charge is 2.19. The van der Waals surface area contributed by atoms with Crippen molar-refractivity contribution in [3.63, 3.8) is 0 Å². The van der Waals surface area contributed by atoms with E-state index >= 15 is 0 Å². The minimum atomic E-state index is 0.821. The van der Waals surface area contributed by atoms with Crippen LogP contribution in [0.3, 0.4) is 0 Å². The van der Waals surface area contributed by atoms with Crippen LogP contribution in [0.25, 0.3) is 11.3 Å². The van der Waals surface area contributed by atoms with Crippen LogP contribution in [-0.4, -0.2) is 36.2 Å². The van der Waals surface area contributed by atoms with E-state index in [1.807, 2.05) is 18.2 Å². The minimum Gasteiger partial charge on any atom is -0.369 e. The van der Waals surface area contributed by atoms with Crippen molar-refractivity contribution in [3.05, 3.63) is 72.0 Å². The third-order valence-electron chi connectivity index (χ3n) is 4.84. The number of aryl methyl sites for hydroxylation is 1. The van der Waals surface area contributed by atoms with Gasteiger partial charge in [0, 0.05) is 43.5 Å². The Hall–Kier alpha value is -2.59. The molecule has 2 aromatic carbocycles. The smallest absolute Gasteiger partial charge is 0.151 e. The molecule has 3 aromatic rings. The third-order valence-corrected chi connectivity index (χ3v) is 4.84. The molecule has 4 heteroatoms. The van der Waals surface area contributed by atoms with E-state index in [-0.39, 0.29) is 0 Å². The highest BCUT2D eigenvalue weighted by atomic mass is 16.5. The van der Waals surface area contributed by atoms with Crippen LogP contribution in [0.4, 0.5) is 5.69 Å². The summed E-state index contributed by atoms with van der Waals surface area (Å²) in [6, 6.07) is 20.8. The minimum absolute atomic E-state index is 0.821. The van der Waals surface area contributed by atoms with Crippen molar-refractivity contribution in [3.8, 4) is 11.3 Å². The van der Waals surface area contributed by atoms with Gasteiger partial charge in [0.1, 0.15) is 5.69 Å². The van der Waals surface area contributed by atoms with Crippen molar-refractivity contribution in [2.45, 2.75) is 13.5 Å². The van der Waals surface area contributed by atoms with E-state index in [2.05, 4.69) is 64.3 Å². The van der Waals surface area contributed by atoms with Crippen molar-refractivity contribution in [2.24, 2.45) is 0 Å². The molecule has 4 nitrogen and oxygen atoms in total. The van der Waals surface area contributed by atoms with Crippen molar-refractivity contribution in [1.82, 2.24) is 10.1 Å². The molecule has 1 fully saturated rings. The summed E-state index contributed by atoms with van der Waals surface area (Å²) < 4.78 is 5.55. The molecule has 0 unspecified atom stereocenters. The lowest BCUT2D eigenvalue weighted by Crippen LogP contribution is -2.46. The standard InChI is InChI=1S/C21H23N3O/c1-17-7-5-6-10-21(17)24-13-11-23(12-14-24)16-19-15-20(22-25-19)18-8-3-2-4-9-18/h2-10,15H,11-14,16H2,1H3. The van der Waals surface area contributed by atoms with Crippen LogP contribution < -0.4 is 4.90 Å². The van der Waals surface area contributed by atoms with Crippen LogP contribution in [0, 0.1) is 6.92 Å². The SMILES string of the molecule is Cc1ccccc1N1CCN(Cc2cc(-c3ccccc3)no2)CC1. The summed E-state index contributed by atoms with van der Waals surface area (Å²) >= 11 is 0. The molecule has 4 rings (SSSR count). The lowest BCUT2D eigenvalue weighted by atomic mass is 10.1. The average molecular weight is 333 g/mol. The Morgan fingerprint density at radius 3 is 2.40 bits per heavy atom. The maximum atomic E-state index is 5.55. The largest absolute Gasteiger partial charge is 0.369 e. The summed E-state index contributed by atoms with van der Waals surface area (Å²) in [5.74, 6) is 0.934. The van der Waals surface area contributed by atoms with Gasteiger partial charge in [-0.1, -0.05) is 53.7 Å². The van der Waals surface area contributed by atoms with E-state index < -0.39 is 0 Å². The second kappa shape index (κ2) is 7.11. The molecule has 1 aliphatic heterocycles. The van der Waals surface area contributed by atoms with Crippen LogP contribution in [0.1, 0.15) is 11.3 Å². The van der Waals surface area contributed by atoms with E-state index in [4.69, 9.17) is 4.52 Å². The van der Waals surface area contributed by atoms with E-state index in [9.17, 15) is 0 Å². The summed E-state index contributed by atoms with van der Waals surface area (Å²) in [7, 11) is 0. The van der Waals surface area contributed by atoms with E-state index in [0.29, 0.717) is 0 Å². The Labute approximate surface area is 148 Å². The van der Waals surface area contributed by atoms with Gasteiger partial charge in [0.25, 0.3) is 0 Å². The number of piperazine rings is 1. The molecule has 1 aromatic heterocycles. The molecule has 0 N–H and O–H groups in total. The van der Waals surface area contributed by atoms with Gasteiger partial charge in [-0.15, -0.1) is 0 Å². The van der Waals surface area contributed by atoms with Gasteiger partial charge in [0.2, 0.25) is 0 Å². The summed E-state index contributed by atoms with van der Waals surface area (Å²) in [5.41, 5.74) is 4.71. The lowest BCUT2D eigenvalue weighted by Gasteiger charge is -2.36. The molecule has 0 radical (unpaired) electrons. The van der Waals surface area contributed by atoms with Crippen LogP contribution in [0.2, 0.25) is 0 Å². The second-order valence-corrected chi connectivity index (χ2v) is 6.59. The van der Waals surface area contributed by atoms with Gasteiger partial charge in [-0.05, 0) is 18.6 Å². The molecule has 0 spiro atoms. The zero-order chi connectivity index (χ0) is 17.1. The Kier molecular flexibility index (Phi) is 4.53. The number of hydrogen-bond acceptors (Lipinski definition) is 4. The first-order valence-electron chi connectivity index (χ1n) is 8.83. The molecular formula is C21H23N3O. The molecule has 1 saturated heterocycles. The predicted molar refractivity (Wildman–Crippen MR) is 101 cm³/mol. The Balaban J connectivity index is 1.36. The van der Waals surface area contributed by atoms with Crippen LogP contribution in [0.15, 0.2) is 65.2 Å². The topological polar surface area (TPSA) is 32.5 Å². The quantitative estimate of drug-likeness (QED) is 0.723. The van der Waals surface area contributed by atoms with E-state index in [0.717, 1.165) is 49.7 Å². The fraction of sp³-hybridized carbons (Fsp3) is 0.286. The predicted octanol–water partition coefficient (Wildman–Crippen LogP) is 3.97. The number of para-hydroxylation sites is 1. The number of nitrogens with zero attached hydrogens (tertiary/aromatic N) is 3. The second-order valence-electron chi connectivity index (χ2n) is 6.59. The molecule has 0 amide bonds. The molecule has 128 valence electrons. The maximum absolute atomic E-state index is 5.55. The summed E-state index contributed by atoms with van der Waals surface area (Å²) in [6.07, 6.45) is 0. The summed E-state index contributed by atoms with van der Waals surface area (Å²) in [6.45, 7) is 7.17. The van der Waals surface area contributed by atoms with Crippen molar-refractivity contribution >= 4 is 5.69 Å². The normalized spacial score (nSPS) is 15.5. The Morgan fingerprint density at radius 2 is 1.64 bits per heavy atom. The van der Waals surface area contributed by atoms with Crippen LogP contribution in [-0.2, 0) is 6.54 Å². The number of aromatic nitrogens is 1. The molecule has 0 saturated carbocycles. The number of hydrogen-bond donors (Lipinski definition) is 0. The first-order chi connectivity index (χ1) is 12.3. The maximum Gasteiger partial charge on any atom is 0.151 e. The fourth-order valence-electron chi connectivity index (χ4n) is 3.42. The van der Waals surface area contributed by atoms with Crippen molar-refractivity contribution in [2.75, 3.05) is 31.1 Å². The van der Waals surface area contributed by atoms with Crippen molar-refractivity contribution < 1.29 is 4.52 Å². The average Bonchev–Trinajstić information content (AvgIpc) is 3.12. The zero-order valence-corrected chi connectivity index (χ0v) is 14.6. The molecule has 25 heavy (non-hydrogen) atoms. The van der Waals surface area contributed by atoms with Crippen molar-refractivity contribution in [1.29, 1.82) is 0 Å². The lowest BCUT2D eigenvalue weighted by molar-refractivity contribution is 0.220. The monoisotopic (exact) mass is 333 g/mol. The number of anilines is 1. The van der Waals surface area contributed by atoms with Gasteiger partial charge in [0.15, 0.2) is 5.76 Å². The van der Waals surface area contributed by atoms with E-state index in [1.165, 1.54) is 11.3 Å².